The largest absolute Gasteiger partial charge is 0.481 e. The van der Waals surface area contributed by atoms with Crippen molar-refractivity contribution in [1.82, 2.24) is 10.2 Å². The van der Waals surface area contributed by atoms with Gasteiger partial charge in [0.25, 0.3) is 0 Å². The van der Waals surface area contributed by atoms with E-state index < -0.39 is 12.6 Å². The van der Waals surface area contributed by atoms with Crippen LogP contribution in [-0.4, -0.2) is 54.9 Å². The standard InChI is InChI=1S/C15H18F2N2O5/c16-14(17)24-11-3-1-10(2-4-11)12-9-19(7-8-23-12)15(22)18-6-5-13(20)21/h1-4,12,14H,5-9H2,(H,18,22)(H,20,21). The number of aliphatic carboxylic acids is 1. The van der Waals surface area contributed by atoms with Crippen LogP contribution in [0.15, 0.2) is 24.3 Å². The minimum atomic E-state index is -2.88. The highest BCUT2D eigenvalue weighted by Crippen LogP contribution is 2.25. The van der Waals surface area contributed by atoms with Gasteiger partial charge in [0.15, 0.2) is 0 Å². The average Bonchev–Trinajstić information content (AvgIpc) is 2.54. The molecule has 1 atom stereocenters. The van der Waals surface area contributed by atoms with Crippen molar-refractivity contribution >= 4 is 12.0 Å². The molecule has 1 aromatic rings. The first-order valence-electron chi connectivity index (χ1n) is 7.36. The Bertz CT molecular complexity index is 567. The van der Waals surface area contributed by atoms with Gasteiger partial charge in [-0.2, -0.15) is 8.78 Å². The Balaban J connectivity index is 1.90. The molecule has 1 aromatic carbocycles. The Morgan fingerprint density at radius 1 is 1.38 bits per heavy atom. The van der Waals surface area contributed by atoms with Crippen LogP contribution in [0.4, 0.5) is 13.6 Å². The molecule has 1 aliphatic rings. The number of nitrogens with zero attached hydrogens (tertiary/aromatic N) is 1. The lowest BCUT2D eigenvalue weighted by molar-refractivity contribution is -0.136. The fraction of sp³-hybridized carbons (Fsp3) is 0.467. The summed E-state index contributed by atoms with van der Waals surface area (Å²) in [6, 6.07) is 5.68. The Hall–Kier alpha value is -2.42. The predicted octanol–water partition coefficient (Wildman–Crippen LogP) is 1.85. The summed E-state index contributed by atoms with van der Waals surface area (Å²) in [6.45, 7) is -1.83. The summed E-state index contributed by atoms with van der Waals surface area (Å²) in [5.74, 6) is -0.936. The number of urea groups is 1. The lowest BCUT2D eigenvalue weighted by Gasteiger charge is -2.33. The van der Waals surface area contributed by atoms with Gasteiger partial charge >= 0.3 is 18.6 Å². The second-order valence-corrected chi connectivity index (χ2v) is 5.13. The topological polar surface area (TPSA) is 88.1 Å². The smallest absolute Gasteiger partial charge is 0.387 e. The van der Waals surface area contributed by atoms with Gasteiger partial charge in [-0.25, -0.2) is 4.79 Å². The number of carbonyl (C=O) groups excluding carboxylic acids is 1. The third-order valence-corrected chi connectivity index (χ3v) is 3.45. The number of halogens is 2. The molecular formula is C15H18F2N2O5. The van der Waals surface area contributed by atoms with Crippen LogP contribution in [0.3, 0.4) is 0 Å². The van der Waals surface area contributed by atoms with Crippen molar-refractivity contribution in [3.8, 4) is 5.75 Å². The van der Waals surface area contributed by atoms with Gasteiger partial charge in [-0.1, -0.05) is 12.1 Å². The first-order chi connectivity index (χ1) is 11.5. The normalized spacial score (nSPS) is 17.6. The number of alkyl halides is 2. The van der Waals surface area contributed by atoms with E-state index >= 15 is 0 Å². The second kappa shape index (κ2) is 8.44. The van der Waals surface area contributed by atoms with Crippen LogP contribution in [0.5, 0.6) is 5.75 Å². The highest BCUT2D eigenvalue weighted by atomic mass is 19.3. The molecule has 0 spiro atoms. The van der Waals surface area contributed by atoms with Gasteiger partial charge in [-0.05, 0) is 17.7 Å². The van der Waals surface area contributed by atoms with Crippen molar-refractivity contribution in [3.63, 3.8) is 0 Å². The molecular weight excluding hydrogens is 326 g/mol. The molecule has 24 heavy (non-hydrogen) atoms. The van der Waals surface area contributed by atoms with Crippen molar-refractivity contribution in [2.45, 2.75) is 19.1 Å². The molecule has 0 aliphatic carbocycles. The first-order valence-corrected chi connectivity index (χ1v) is 7.36. The Morgan fingerprint density at radius 3 is 2.71 bits per heavy atom. The third-order valence-electron chi connectivity index (χ3n) is 3.45. The number of benzene rings is 1. The monoisotopic (exact) mass is 344 g/mol. The molecule has 1 aliphatic heterocycles. The van der Waals surface area contributed by atoms with Crippen molar-refractivity contribution < 1.29 is 33.0 Å². The second-order valence-electron chi connectivity index (χ2n) is 5.13. The molecule has 0 radical (unpaired) electrons. The van der Waals surface area contributed by atoms with Crippen LogP contribution in [0.1, 0.15) is 18.1 Å². The highest BCUT2D eigenvalue weighted by Gasteiger charge is 2.25. The molecule has 9 heteroatoms. The number of hydrogen-bond donors (Lipinski definition) is 2. The van der Waals surface area contributed by atoms with E-state index in [-0.39, 0.29) is 37.4 Å². The number of rotatable bonds is 6. The fourth-order valence-corrected chi connectivity index (χ4v) is 2.29. The number of carbonyl (C=O) groups is 2. The summed E-state index contributed by atoms with van der Waals surface area (Å²) in [7, 11) is 0. The van der Waals surface area contributed by atoms with Gasteiger partial charge in [-0.15, -0.1) is 0 Å². The average molecular weight is 344 g/mol. The molecule has 0 bridgehead atoms. The molecule has 2 amide bonds. The number of carboxylic acid groups (broad SMARTS) is 1. The van der Waals surface area contributed by atoms with E-state index in [0.29, 0.717) is 13.2 Å². The molecule has 1 unspecified atom stereocenters. The maximum atomic E-state index is 12.1. The zero-order valence-electron chi connectivity index (χ0n) is 12.8. The molecule has 0 aromatic heterocycles. The zero-order chi connectivity index (χ0) is 17.5. The third kappa shape index (κ3) is 5.34. The Labute approximate surface area is 137 Å². The van der Waals surface area contributed by atoms with Crippen molar-refractivity contribution in [1.29, 1.82) is 0 Å². The minimum absolute atomic E-state index is 0.0489. The van der Waals surface area contributed by atoms with Crippen molar-refractivity contribution in [2.24, 2.45) is 0 Å². The van der Waals surface area contributed by atoms with E-state index in [1.165, 1.54) is 17.0 Å². The van der Waals surface area contributed by atoms with Crippen molar-refractivity contribution in [2.75, 3.05) is 26.2 Å². The highest BCUT2D eigenvalue weighted by molar-refractivity contribution is 5.75. The lowest BCUT2D eigenvalue weighted by atomic mass is 10.1. The molecule has 1 fully saturated rings. The molecule has 7 nitrogen and oxygen atoms in total. The first kappa shape index (κ1) is 17.9. The fourth-order valence-electron chi connectivity index (χ4n) is 2.29. The number of ether oxygens (including phenoxy) is 2. The summed E-state index contributed by atoms with van der Waals surface area (Å²) in [6.07, 6.45) is -0.532. The maximum absolute atomic E-state index is 12.1. The SMILES string of the molecule is O=C(O)CCNC(=O)N1CCOC(c2ccc(OC(F)F)cc2)C1. The van der Waals surface area contributed by atoms with E-state index in [2.05, 4.69) is 10.1 Å². The predicted molar refractivity (Wildman–Crippen MR) is 79.0 cm³/mol. The van der Waals surface area contributed by atoms with E-state index in [0.717, 1.165) is 5.56 Å². The van der Waals surface area contributed by atoms with E-state index in [9.17, 15) is 18.4 Å². The number of morpholine rings is 1. The van der Waals surface area contributed by atoms with Crippen LogP contribution in [0, 0.1) is 0 Å². The summed E-state index contributed by atoms with van der Waals surface area (Å²) in [5, 5.41) is 11.1. The molecule has 0 saturated carbocycles. The molecule has 132 valence electrons. The maximum Gasteiger partial charge on any atom is 0.387 e. The molecule has 1 heterocycles. The van der Waals surface area contributed by atoms with E-state index in [1.54, 1.807) is 12.1 Å². The number of carboxylic acids is 1. The summed E-state index contributed by atoms with van der Waals surface area (Å²) in [4.78, 5) is 24.0. The van der Waals surface area contributed by atoms with Gasteiger partial charge in [0.1, 0.15) is 11.9 Å². The lowest BCUT2D eigenvalue weighted by Crippen LogP contribution is -2.47. The zero-order valence-corrected chi connectivity index (χ0v) is 12.8. The van der Waals surface area contributed by atoms with Gasteiger partial charge in [-0.3, -0.25) is 4.79 Å². The van der Waals surface area contributed by atoms with Crippen LogP contribution in [-0.2, 0) is 9.53 Å². The van der Waals surface area contributed by atoms with Gasteiger partial charge < -0.3 is 24.8 Å². The Kier molecular flexibility index (Phi) is 6.30. The molecule has 2 N–H and O–H groups in total. The van der Waals surface area contributed by atoms with Gasteiger partial charge in [0.05, 0.1) is 19.6 Å². The number of amides is 2. The van der Waals surface area contributed by atoms with E-state index in [1.807, 2.05) is 0 Å². The van der Waals surface area contributed by atoms with Crippen LogP contribution >= 0.6 is 0 Å². The van der Waals surface area contributed by atoms with Crippen LogP contribution in [0.2, 0.25) is 0 Å². The molecule has 2 rings (SSSR count). The number of nitrogens with one attached hydrogen (secondary N) is 1. The summed E-state index contributed by atoms with van der Waals surface area (Å²) >= 11 is 0. The van der Waals surface area contributed by atoms with Crippen molar-refractivity contribution in [3.05, 3.63) is 29.8 Å². The Morgan fingerprint density at radius 2 is 2.08 bits per heavy atom. The number of hydrogen-bond acceptors (Lipinski definition) is 4. The minimum Gasteiger partial charge on any atom is -0.481 e. The molecule has 1 saturated heterocycles. The summed E-state index contributed by atoms with van der Waals surface area (Å²) in [5.41, 5.74) is 0.736. The van der Waals surface area contributed by atoms with Gasteiger partial charge in [0, 0.05) is 13.1 Å². The van der Waals surface area contributed by atoms with Gasteiger partial charge in [0.2, 0.25) is 0 Å². The van der Waals surface area contributed by atoms with Crippen LogP contribution in [0.25, 0.3) is 0 Å². The van der Waals surface area contributed by atoms with Crippen LogP contribution < -0.4 is 10.1 Å². The van der Waals surface area contributed by atoms with E-state index in [4.69, 9.17) is 9.84 Å². The quantitative estimate of drug-likeness (QED) is 0.822. The summed E-state index contributed by atoms with van der Waals surface area (Å²) < 4.78 is 34.2.